The number of aliphatic hydroxyl groups is 3. The number of aldehydes is 1. The van der Waals surface area contributed by atoms with Gasteiger partial charge in [0.05, 0.1) is 6.61 Å². The molecule has 0 aliphatic carbocycles. The highest BCUT2D eigenvalue weighted by atomic mass is 16.5. The topological polar surface area (TPSA) is 87.0 Å². The van der Waals surface area contributed by atoms with Gasteiger partial charge in [-0.1, -0.05) is 0 Å². The molecule has 1 aliphatic heterocycles. The Hall–Kier alpha value is -0.490. The summed E-state index contributed by atoms with van der Waals surface area (Å²) in [5.74, 6) is 0. The summed E-state index contributed by atoms with van der Waals surface area (Å²) in [4.78, 5) is 10.0. The van der Waals surface area contributed by atoms with Crippen LogP contribution in [0.15, 0.2) is 0 Å². The summed E-state index contributed by atoms with van der Waals surface area (Å²) in [5.41, 5.74) is 0. The molecule has 1 rings (SSSR count). The van der Waals surface area contributed by atoms with Gasteiger partial charge in [0.15, 0.2) is 6.29 Å². The maximum atomic E-state index is 10.0. The molecule has 1 saturated heterocycles. The zero-order valence-electron chi connectivity index (χ0n) is 5.75. The van der Waals surface area contributed by atoms with E-state index in [1.165, 1.54) is 0 Å². The van der Waals surface area contributed by atoms with Gasteiger partial charge in [-0.25, -0.2) is 0 Å². The Morgan fingerprint density at radius 3 is 2.55 bits per heavy atom. The molecule has 5 nitrogen and oxygen atoms in total. The highest BCUT2D eigenvalue weighted by Gasteiger charge is 2.38. The second-order valence-corrected chi connectivity index (χ2v) is 2.48. The van der Waals surface area contributed by atoms with E-state index in [1.807, 2.05) is 0 Å². The minimum atomic E-state index is -1.36. The normalized spacial score (nSPS) is 40.5. The monoisotopic (exact) mass is 162 g/mol. The first kappa shape index (κ1) is 8.61. The lowest BCUT2D eigenvalue weighted by Gasteiger charge is -2.15. The third kappa shape index (κ3) is 1.57. The number of rotatable bonds is 2. The van der Waals surface area contributed by atoms with E-state index in [-0.39, 0.29) is 12.9 Å². The highest BCUT2D eigenvalue weighted by Crippen LogP contribution is 2.16. The SMILES string of the molecule is O=CC(O)C1OCC(O)C1O. The molecule has 3 N–H and O–H groups in total. The molecule has 0 aromatic heterocycles. The first-order valence-electron chi connectivity index (χ1n) is 3.28. The fraction of sp³-hybridized carbons (Fsp3) is 0.833. The molecular weight excluding hydrogens is 152 g/mol. The summed E-state index contributed by atoms with van der Waals surface area (Å²) >= 11 is 0. The summed E-state index contributed by atoms with van der Waals surface area (Å²) in [6, 6.07) is 0. The van der Waals surface area contributed by atoms with E-state index in [0.29, 0.717) is 0 Å². The van der Waals surface area contributed by atoms with Crippen molar-refractivity contribution in [1.29, 1.82) is 0 Å². The van der Waals surface area contributed by atoms with Crippen LogP contribution in [0, 0.1) is 0 Å². The largest absolute Gasteiger partial charge is 0.388 e. The van der Waals surface area contributed by atoms with Crippen molar-refractivity contribution in [2.75, 3.05) is 6.61 Å². The standard InChI is InChI=1S/C6H10O5/c7-1-3(8)6-5(10)4(9)2-11-6/h1,3-6,8-10H,2H2. The van der Waals surface area contributed by atoms with Crippen LogP contribution in [-0.2, 0) is 9.53 Å². The Morgan fingerprint density at radius 1 is 1.55 bits per heavy atom. The molecule has 0 aromatic rings. The second-order valence-electron chi connectivity index (χ2n) is 2.48. The van der Waals surface area contributed by atoms with Crippen molar-refractivity contribution in [3.05, 3.63) is 0 Å². The van der Waals surface area contributed by atoms with E-state index < -0.39 is 24.4 Å². The minimum absolute atomic E-state index is 0.0449. The van der Waals surface area contributed by atoms with E-state index >= 15 is 0 Å². The molecule has 5 heteroatoms. The van der Waals surface area contributed by atoms with Crippen molar-refractivity contribution >= 4 is 6.29 Å². The Morgan fingerprint density at radius 2 is 2.18 bits per heavy atom. The van der Waals surface area contributed by atoms with E-state index in [9.17, 15) is 4.79 Å². The van der Waals surface area contributed by atoms with E-state index in [2.05, 4.69) is 0 Å². The Bertz CT molecular complexity index is 148. The van der Waals surface area contributed by atoms with Gasteiger partial charge < -0.3 is 24.9 Å². The summed E-state index contributed by atoms with van der Waals surface area (Å²) in [7, 11) is 0. The van der Waals surface area contributed by atoms with Gasteiger partial charge in [0, 0.05) is 0 Å². The number of carbonyl (C=O) groups is 1. The fourth-order valence-corrected chi connectivity index (χ4v) is 1.00. The number of hydrogen-bond acceptors (Lipinski definition) is 5. The lowest BCUT2D eigenvalue weighted by Crippen LogP contribution is -2.39. The molecule has 4 atom stereocenters. The zero-order valence-corrected chi connectivity index (χ0v) is 5.75. The molecule has 0 saturated carbocycles. The molecule has 0 aromatic carbocycles. The van der Waals surface area contributed by atoms with Crippen LogP contribution in [-0.4, -0.2) is 52.6 Å². The summed E-state index contributed by atoms with van der Waals surface area (Å²) in [6.45, 7) is -0.0449. The average Bonchev–Trinajstić information content (AvgIpc) is 2.32. The lowest BCUT2D eigenvalue weighted by atomic mass is 10.1. The second kappa shape index (κ2) is 3.27. The Kier molecular flexibility index (Phi) is 2.56. The van der Waals surface area contributed by atoms with Crippen molar-refractivity contribution in [1.82, 2.24) is 0 Å². The van der Waals surface area contributed by atoms with Crippen molar-refractivity contribution < 1.29 is 24.9 Å². The van der Waals surface area contributed by atoms with Crippen LogP contribution in [0.5, 0.6) is 0 Å². The Labute approximate surface area is 63.2 Å². The van der Waals surface area contributed by atoms with Crippen LogP contribution in [0.3, 0.4) is 0 Å². The fourth-order valence-electron chi connectivity index (χ4n) is 1.00. The van der Waals surface area contributed by atoms with Crippen LogP contribution >= 0.6 is 0 Å². The van der Waals surface area contributed by atoms with Gasteiger partial charge in [0.2, 0.25) is 0 Å². The predicted octanol–water partition coefficient (Wildman–Crippen LogP) is -2.33. The quantitative estimate of drug-likeness (QED) is 0.396. The van der Waals surface area contributed by atoms with Gasteiger partial charge in [0.25, 0.3) is 0 Å². The van der Waals surface area contributed by atoms with Crippen LogP contribution in [0.1, 0.15) is 0 Å². The zero-order chi connectivity index (χ0) is 8.43. The number of ether oxygens (including phenoxy) is 1. The summed E-state index contributed by atoms with van der Waals surface area (Å²) < 4.78 is 4.75. The van der Waals surface area contributed by atoms with Gasteiger partial charge in [-0.15, -0.1) is 0 Å². The smallest absolute Gasteiger partial charge is 0.151 e. The van der Waals surface area contributed by atoms with Crippen molar-refractivity contribution in [3.8, 4) is 0 Å². The van der Waals surface area contributed by atoms with Crippen molar-refractivity contribution in [3.63, 3.8) is 0 Å². The molecule has 0 amide bonds. The van der Waals surface area contributed by atoms with Crippen LogP contribution < -0.4 is 0 Å². The highest BCUT2D eigenvalue weighted by molar-refractivity contribution is 5.57. The molecule has 64 valence electrons. The van der Waals surface area contributed by atoms with Crippen LogP contribution in [0.2, 0.25) is 0 Å². The van der Waals surface area contributed by atoms with Crippen molar-refractivity contribution in [2.45, 2.75) is 24.4 Å². The lowest BCUT2D eigenvalue weighted by molar-refractivity contribution is -0.124. The van der Waals surface area contributed by atoms with Gasteiger partial charge >= 0.3 is 0 Å². The van der Waals surface area contributed by atoms with Gasteiger partial charge in [-0.05, 0) is 0 Å². The molecule has 11 heavy (non-hydrogen) atoms. The first-order valence-corrected chi connectivity index (χ1v) is 3.28. The minimum Gasteiger partial charge on any atom is -0.388 e. The molecule has 0 spiro atoms. The third-order valence-electron chi connectivity index (χ3n) is 1.67. The molecule has 1 fully saturated rings. The van der Waals surface area contributed by atoms with E-state index in [1.54, 1.807) is 0 Å². The summed E-state index contributed by atoms with van der Waals surface area (Å²) in [6.07, 6.45) is -4.25. The van der Waals surface area contributed by atoms with Crippen molar-refractivity contribution in [2.24, 2.45) is 0 Å². The number of hydrogen-bond donors (Lipinski definition) is 3. The average molecular weight is 162 g/mol. The van der Waals surface area contributed by atoms with Crippen LogP contribution in [0.4, 0.5) is 0 Å². The number of aliphatic hydroxyl groups excluding tert-OH is 3. The maximum absolute atomic E-state index is 10.0. The maximum Gasteiger partial charge on any atom is 0.151 e. The molecule has 0 radical (unpaired) electrons. The molecule has 1 heterocycles. The third-order valence-corrected chi connectivity index (χ3v) is 1.67. The number of carbonyl (C=O) groups excluding carboxylic acids is 1. The van der Waals surface area contributed by atoms with E-state index in [4.69, 9.17) is 20.1 Å². The molecular formula is C6H10O5. The Balaban J connectivity index is 2.54. The summed E-state index contributed by atoms with van der Waals surface area (Å²) in [5, 5.41) is 26.9. The van der Waals surface area contributed by atoms with E-state index in [0.717, 1.165) is 0 Å². The molecule has 0 bridgehead atoms. The molecule has 4 unspecified atom stereocenters. The molecule has 1 aliphatic rings. The van der Waals surface area contributed by atoms with Gasteiger partial charge in [0.1, 0.15) is 24.4 Å². The predicted molar refractivity (Wildman–Crippen MR) is 33.8 cm³/mol. The van der Waals surface area contributed by atoms with Gasteiger partial charge in [-0.2, -0.15) is 0 Å². The van der Waals surface area contributed by atoms with Gasteiger partial charge in [-0.3, -0.25) is 0 Å². The van der Waals surface area contributed by atoms with Crippen LogP contribution in [0.25, 0.3) is 0 Å². The first-order chi connectivity index (χ1) is 5.16.